The highest BCUT2D eigenvalue weighted by Gasteiger charge is 2.22. The molecule has 0 aromatic heterocycles. The highest BCUT2D eigenvalue weighted by molar-refractivity contribution is 8.13. The smallest absolute Gasteiger partial charge is 0.200 e. The Morgan fingerprint density at radius 3 is 1.76 bits per heavy atom. The van der Waals surface area contributed by atoms with Crippen LogP contribution >= 0.6 is 11.8 Å². The van der Waals surface area contributed by atoms with Crippen LogP contribution in [-0.2, 0) is 4.79 Å². The van der Waals surface area contributed by atoms with E-state index in [0.717, 1.165) is 49.4 Å². The zero-order valence-corrected chi connectivity index (χ0v) is 16.2. The van der Waals surface area contributed by atoms with Crippen molar-refractivity contribution in [1.29, 1.82) is 0 Å². The van der Waals surface area contributed by atoms with Crippen LogP contribution < -0.4 is 0 Å². The number of thioether (sulfide) groups is 1. The van der Waals surface area contributed by atoms with E-state index < -0.39 is 0 Å². The maximum atomic E-state index is 13.0. The van der Waals surface area contributed by atoms with Gasteiger partial charge in [-0.2, -0.15) is 0 Å². The Hall–Kier alpha value is -1.58. The first-order valence-corrected chi connectivity index (χ1v) is 10.2. The summed E-state index contributed by atoms with van der Waals surface area (Å²) in [6, 6.07) is 20.2. The number of hydrogen-bond donors (Lipinski definition) is 0. The van der Waals surface area contributed by atoms with Crippen LogP contribution in [0.25, 0.3) is 0 Å². The van der Waals surface area contributed by atoms with Crippen molar-refractivity contribution in [3.63, 3.8) is 0 Å². The second kappa shape index (κ2) is 11.1. The van der Waals surface area contributed by atoms with Crippen LogP contribution in [0.4, 0.5) is 0 Å². The lowest BCUT2D eigenvalue weighted by molar-refractivity contribution is -0.111. The van der Waals surface area contributed by atoms with Gasteiger partial charge < -0.3 is 4.90 Å². The Bertz CT molecular complexity index is 569. The molecule has 0 N–H and O–H groups in total. The first-order chi connectivity index (χ1) is 12.3. The summed E-state index contributed by atoms with van der Waals surface area (Å²) in [5, 5.41) is 0.241. The number of hydrogen-bond acceptors (Lipinski definition) is 3. The topological polar surface area (TPSA) is 20.3 Å². The van der Waals surface area contributed by atoms with Gasteiger partial charge in [-0.25, -0.2) is 0 Å². The minimum absolute atomic E-state index is 0.182. The van der Waals surface area contributed by atoms with Crippen molar-refractivity contribution in [1.82, 2.24) is 4.90 Å². The van der Waals surface area contributed by atoms with E-state index in [2.05, 4.69) is 43.0 Å². The summed E-state index contributed by atoms with van der Waals surface area (Å²) in [7, 11) is 0. The van der Waals surface area contributed by atoms with Crippen molar-refractivity contribution >= 4 is 16.9 Å². The van der Waals surface area contributed by atoms with Gasteiger partial charge in [-0.3, -0.25) is 4.79 Å². The van der Waals surface area contributed by atoms with Crippen LogP contribution in [-0.4, -0.2) is 35.4 Å². The third kappa shape index (κ3) is 6.33. The van der Waals surface area contributed by atoms with Crippen molar-refractivity contribution in [3.05, 3.63) is 71.8 Å². The van der Waals surface area contributed by atoms with E-state index in [1.165, 1.54) is 11.8 Å². The standard InChI is InChI=1S/C22H29NOS/c1-3-15-23(16-4-2)17-18-25-22(24)21(19-11-7-5-8-12-19)20-13-9-6-10-14-20/h5-14,21H,3-4,15-18H2,1-2H3. The number of carbonyl (C=O) groups is 1. The normalized spacial score (nSPS) is 11.2. The molecule has 3 heteroatoms. The maximum Gasteiger partial charge on any atom is 0.200 e. The van der Waals surface area contributed by atoms with Gasteiger partial charge in [0.05, 0.1) is 5.92 Å². The molecule has 0 amide bonds. The molecule has 0 fully saturated rings. The quantitative estimate of drug-likeness (QED) is 0.584. The van der Waals surface area contributed by atoms with Crippen LogP contribution in [0, 0.1) is 0 Å². The van der Waals surface area contributed by atoms with Gasteiger partial charge in [-0.05, 0) is 37.1 Å². The van der Waals surface area contributed by atoms with Gasteiger partial charge in [0.2, 0.25) is 5.12 Å². The van der Waals surface area contributed by atoms with E-state index in [1.54, 1.807) is 0 Å². The molecule has 0 radical (unpaired) electrons. The summed E-state index contributed by atoms with van der Waals surface area (Å²) in [4.78, 5) is 15.4. The van der Waals surface area contributed by atoms with Gasteiger partial charge >= 0.3 is 0 Å². The summed E-state index contributed by atoms with van der Waals surface area (Å²) >= 11 is 1.47. The van der Waals surface area contributed by atoms with Crippen molar-refractivity contribution in [2.75, 3.05) is 25.4 Å². The summed E-state index contributed by atoms with van der Waals surface area (Å²) in [6.45, 7) is 7.63. The summed E-state index contributed by atoms with van der Waals surface area (Å²) in [5.41, 5.74) is 2.15. The van der Waals surface area contributed by atoms with Gasteiger partial charge in [0.1, 0.15) is 0 Å². The predicted molar refractivity (Wildman–Crippen MR) is 109 cm³/mol. The summed E-state index contributed by atoms with van der Waals surface area (Å²) < 4.78 is 0. The van der Waals surface area contributed by atoms with Gasteiger partial charge in [0.25, 0.3) is 0 Å². The molecule has 2 rings (SSSR count). The Balaban J connectivity index is 2.04. The molecule has 2 aromatic rings. The van der Waals surface area contributed by atoms with Gasteiger partial charge in [-0.1, -0.05) is 86.3 Å². The van der Waals surface area contributed by atoms with E-state index in [1.807, 2.05) is 36.4 Å². The Morgan fingerprint density at radius 1 is 0.840 bits per heavy atom. The average molecular weight is 356 g/mol. The van der Waals surface area contributed by atoms with Crippen LogP contribution in [0.2, 0.25) is 0 Å². The molecule has 134 valence electrons. The molecule has 0 saturated heterocycles. The molecule has 0 atom stereocenters. The Kier molecular flexibility index (Phi) is 8.78. The molecule has 2 nitrogen and oxygen atoms in total. The predicted octanol–water partition coefficient (Wildman–Crippen LogP) is 5.20. The van der Waals surface area contributed by atoms with E-state index in [9.17, 15) is 4.79 Å². The highest BCUT2D eigenvalue weighted by Crippen LogP contribution is 2.29. The van der Waals surface area contributed by atoms with E-state index in [0.29, 0.717) is 0 Å². The SMILES string of the molecule is CCCN(CCC)CCSC(=O)C(c1ccccc1)c1ccccc1. The molecule has 0 spiro atoms. The lowest BCUT2D eigenvalue weighted by atomic mass is 9.92. The highest BCUT2D eigenvalue weighted by atomic mass is 32.2. The molecule has 0 saturated carbocycles. The third-order valence-electron chi connectivity index (χ3n) is 4.23. The zero-order valence-electron chi connectivity index (χ0n) is 15.4. The molecular weight excluding hydrogens is 326 g/mol. The first-order valence-electron chi connectivity index (χ1n) is 9.25. The van der Waals surface area contributed by atoms with Crippen LogP contribution in [0.1, 0.15) is 43.7 Å². The molecule has 0 aliphatic heterocycles. The third-order valence-corrected chi connectivity index (χ3v) is 5.14. The molecule has 0 heterocycles. The van der Waals surface area contributed by atoms with Crippen molar-refractivity contribution in [2.24, 2.45) is 0 Å². The van der Waals surface area contributed by atoms with Gasteiger partial charge in [0.15, 0.2) is 0 Å². The summed E-state index contributed by atoms with van der Waals surface area (Å²) in [6.07, 6.45) is 2.32. The van der Waals surface area contributed by atoms with Crippen LogP contribution in [0.15, 0.2) is 60.7 Å². The van der Waals surface area contributed by atoms with Crippen molar-refractivity contribution in [2.45, 2.75) is 32.6 Å². The lowest BCUT2D eigenvalue weighted by Gasteiger charge is -2.21. The zero-order chi connectivity index (χ0) is 17.9. The molecular formula is C22H29NOS. The average Bonchev–Trinajstić information content (AvgIpc) is 2.64. The van der Waals surface area contributed by atoms with Crippen molar-refractivity contribution < 1.29 is 4.79 Å². The number of benzene rings is 2. The fourth-order valence-electron chi connectivity index (χ4n) is 3.08. The van der Waals surface area contributed by atoms with E-state index in [-0.39, 0.29) is 11.0 Å². The van der Waals surface area contributed by atoms with Gasteiger partial charge in [0, 0.05) is 12.3 Å². The second-order valence-electron chi connectivity index (χ2n) is 6.26. The summed E-state index contributed by atoms with van der Waals surface area (Å²) in [5.74, 6) is 0.674. The fraction of sp³-hybridized carbons (Fsp3) is 0.409. The monoisotopic (exact) mass is 355 g/mol. The Morgan fingerprint density at radius 2 is 1.32 bits per heavy atom. The molecule has 25 heavy (non-hydrogen) atoms. The Labute approximate surface area is 156 Å². The number of nitrogens with zero attached hydrogens (tertiary/aromatic N) is 1. The molecule has 0 bridgehead atoms. The first kappa shape index (κ1) is 19.7. The number of rotatable bonds is 10. The molecule has 0 aliphatic rings. The molecule has 0 unspecified atom stereocenters. The van der Waals surface area contributed by atoms with Crippen molar-refractivity contribution in [3.8, 4) is 0 Å². The fourth-order valence-corrected chi connectivity index (χ4v) is 4.07. The second-order valence-corrected chi connectivity index (χ2v) is 7.36. The largest absolute Gasteiger partial charge is 0.303 e. The molecule has 2 aromatic carbocycles. The van der Waals surface area contributed by atoms with Crippen LogP contribution in [0.3, 0.4) is 0 Å². The molecule has 0 aliphatic carbocycles. The maximum absolute atomic E-state index is 13.0. The lowest BCUT2D eigenvalue weighted by Crippen LogP contribution is -2.28. The minimum Gasteiger partial charge on any atom is -0.303 e. The van der Waals surface area contributed by atoms with Gasteiger partial charge in [-0.15, -0.1) is 0 Å². The number of carbonyl (C=O) groups excluding carboxylic acids is 1. The van der Waals surface area contributed by atoms with Crippen LogP contribution in [0.5, 0.6) is 0 Å². The minimum atomic E-state index is -0.182. The van der Waals surface area contributed by atoms with E-state index in [4.69, 9.17) is 0 Å². The van der Waals surface area contributed by atoms with E-state index >= 15 is 0 Å².